The zero-order valence-electron chi connectivity index (χ0n) is 14.5. The summed E-state index contributed by atoms with van der Waals surface area (Å²) in [5.41, 5.74) is 2.03. The zero-order valence-corrected chi connectivity index (χ0v) is 15.3. The van der Waals surface area contributed by atoms with Crippen LogP contribution in [0.2, 0.25) is 0 Å². The number of fused-ring (bicyclic) bond motifs is 5. The molecule has 4 heterocycles. The minimum Gasteiger partial charge on any atom is -0.325 e. The standard InChI is InChI=1S/C20H13N5O2S/c26-16-9-20(11-5-1-2-6-13(11)22-18(20)27)12-10-21-25(17(12)24-16)19-23-14-7-3-4-8-15(14)28-19/h1-8,10H,9H2,(H,22,27)(H,24,26)/t20-/m0/s1. The van der Waals surface area contributed by atoms with Gasteiger partial charge in [0.05, 0.1) is 16.4 Å². The van der Waals surface area contributed by atoms with Crippen LogP contribution in [-0.4, -0.2) is 26.6 Å². The number of aromatic nitrogens is 3. The van der Waals surface area contributed by atoms with E-state index in [9.17, 15) is 9.59 Å². The van der Waals surface area contributed by atoms with Gasteiger partial charge in [-0.05, 0) is 23.8 Å². The minimum absolute atomic E-state index is 0.0500. The van der Waals surface area contributed by atoms with E-state index in [-0.39, 0.29) is 18.2 Å². The summed E-state index contributed by atoms with van der Waals surface area (Å²) in [6, 6.07) is 15.3. The van der Waals surface area contributed by atoms with Crippen molar-refractivity contribution in [3.63, 3.8) is 0 Å². The van der Waals surface area contributed by atoms with Crippen molar-refractivity contribution in [1.29, 1.82) is 0 Å². The monoisotopic (exact) mass is 387 g/mol. The average Bonchev–Trinajstić information content (AvgIpc) is 3.37. The van der Waals surface area contributed by atoms with Gasteiger partial charge in [0.2, 0.25) is 16.9 Å². The second kappa shape index (κ2) is 5.26. The first-order valence-corrected chi connectivity index (χ1v) is 9.64. The number of rotatable bonds is 1. The molecule has 2 N–H and O–H groups in total. The molecule has 7 nitrogen and oxygen atoms in total. The minimum atomic E-state index is -1.07. The third-order valence-corrected chi connectivity index (χ3v) is 6.41. The van der Waals surface area contributed by atoms with Crippen LogP contribution in [-0.2, 0) is 15.0 Å². The molecular formula is C20H13N5O2S. The zero-order chi connectivity index (χ0) is 18.9. The maximum atomic E-state index is 13.1. The molecule has 0 bridgehead atoms. The maximum absolute atomic E-state index is 13.1. The average molecular weight is 387 g/mol. The fourth-order valence-electron chi connectivity index (χ4n) is 4.15. The van der Waals surface area contributed by atoms with E-state index < -0.39 is 5.41 Å². The Balaban J connectivity index is 1.60. The third-order valence-electron chi connectivity index (χ3n) is 5.40. The summed E-state index contributed by atoms with van der Waals surface area (Å²) in [5, 5.41) is 11.0. The SMILES string of the molecule is O=C1C[C@@]2(C(=O)Nc3ccccc32)c2cnn(-c3nc4ccccc4s3)c2N1. The number of hydrogen-bond acceptors (Lipinski definition) is 5. The molecule has 4 aromatic rings. The largest absolute Gasteiger partial charge is 0.325 e. The van der Waals surface area contributed by atoms with Crippen molar-refractivity contribution in [2.45, 2.75) is 11.8 Å². The third kappa shape index (κ3) is 1.87. The Bertz CT molecular complexity index is 1270. The lowest BCUT2D eigenvalue weighted by Crippen LogP contribution is -2.43. The van der Waals surface area contributed by atoms with Crippen LogP contribution >= 0.6 is 11.3 Å². The second-order valence-electron chi connectivity index (χ2n) is 6.91. The van der Waals surface area contributed by atoms with Crippen LogP contribution in [0.15, 0.2) is 54.7 Å². The molecule has 2 aromatic carbocycles. The summed E-state index contributed by atoms with van der Waals surface area (Å²) in [6.45, 7) is 0. The van der Waals surface area contributed by atoms with E-state index in [1.54, 1.807) is 10.9 Å². The van der Waals surface area contributed by atoms with E-state index in [1.165, 1.54) is 11.3 Å². The number of para-hydroxylation sites is 2. The number of carbonyl (C=O) groups excluding carboxylic acids is 2. The topological polar surface area (TPSA) is 88.9 Å². The molecule has 8 heteroatoms. The molecule has 6 rings (SSSR count). The van der Waals surface area contributed by atoms with Gasteiger partial charge >= 0.3 is 0 Å². The van der Waals surface area contributed by atoms with Crippen LogP contribution in [0.4, 0.5) is 11.5 Å². The molecule has 0 aliphatic carbocycles. The van der Waals surface area contributed by atoms with Crippen molar-refractivity contribution in [3.05, 3.63) is 65.9 Å². The van der Waals surface area contributed by atoms with Crippen LogP contribution in [0, 0.1) is 0 Å². The molecule has 1 spiro atoms. The van der Waals surface area contributed by atoms with Gasteiger partial charge in [0.15, 0.2) is 0 Å². The smallest absolute Gasteiger partial charge is 0.240 e. The summed E-state index contributed by atoms with van der Waals surface area (Å²) in [4.78, 5) is 30.3. The first-order chi connectivity index (χ1) is 13.7. The van der Waals surface area contributed by atoms with Gasteiger partial charge in [-0.2, -0.15) is 9.78 Å². The molecule has 2 aliphatic rings. The lowest BCUT2D eigenvalue weighted by molar-refractivity contribution is -0.125. The van der Waals surface area contributed by atoms with Gasteiger partial charge in [-0.3, -0.25) is 9.59 Å². The molecular weight excluding hydrogens is 374 g/mol. The summed E-state index contributed by atoms with van der Waals surface area (Å²) in [7, 11) is 0. The van der Waals surface area contributed by atoms with Crippen molar-refractivity contribution in [3.8, 4) is 5.13 Å². The Morgan fingerprint density at radius 3 is 2.71 bits per heavy atom. The second-order valence-corrected chi connectivity index (χ2v) is 7.92. The van der Waals surface area contributed by atoms with Crippen LogP contribution < -0.4 is 10.6 Å². The van der Waals surface area contributed by atoms with Gasteiger partial charge < -0.3 is 10.6 Å². The van der Waals surface area contributed by atoms with Gasteiger partial charge in [0.1, 0.15) is 11.2 Å². The quantitative estimate of drug-likeness (QED) is 0.525. The number of nitrogens with one attached hydrogen (secondary N) is 2. The van der Waals surface area contributed by atoms with E-state index in [0.29, 0.717) is 16.5 Å². The van der Waals surface area contributed by atoms with Crippen molar-refractivity contribution >= 4 is 44.9 Å². The lowest BCUT2D eigenvalue weighted by atomic mass is 9.72. The summed E-state index contributed by atoms with van der Waals surface area (Å²) in [6.07, 6.45) is 1.72. The fraction of sp³-hybridized carbons (Fsp3) is 0.100. The molecule has 136 valence electrons. The normalized spacial score (nSPS) is 20.1. The molecule has 1 atom stereocenters. The predicted octanol–water partition coefficient (Wildman–Crippen LogP) is 3.06. The van der Waals surface area contributed by atoms with Gasteiger partial charge in [-0.25, -0.2) is 4.98 Å². The lowest BCUT2D eigenvalue weighted by Gasteiger charge is -2.31. The van der Waals surface area contributed by atoms with Crippen molar-refractivity contribution in [2.24, 2.45) is 0 Å². The van der Waals surface area contributed by atoms with Crippen molar-refractivity contribution < 1.29 is 9.59 Å². The molecule has 0 saturated heterocycles. The van der Waals surface area contributed by atoms with Crippen LogP contribution in [0.5, 0.6) is 0 Å². The Hall–Kier alpha value is -3.52. The molecule has 2 amide bonds. The van der Waals surface area contributed by atoms with E-state index in [1.807, 2.05) is 48.5 Å². The van der Waals surface area contributed by atoms with Crippen molar-refractivity contribution in [1.82, 2.24) is 14.8 Å². The Kier molecular flexibility index (Phi) is 2.92. The molecule has 0 unspecified atom stereocenters. The Morgan fingerprint density at radius 1 is 1.00 bits per heavy atom. The number of anilines is 2. The highest BCUT2D eigenvalue weighted by Crippen LogP contribution is 2.50. The molecule has 0 saturated carbocycles. The molecule has 2 aromatic heterocycles. The van der Waals surface area contributed by atoms with Crippen molar-refractivity contribution in [2.75, 3.05) is 10.6 Å². The molecule has 28 heavy (non-hydrogen) atoms. The fourth-order valence-corrected chi connectivity index (χ4v) is 5.08. The van der Waals surface area contributed by atoms with E-state index >= 15 is 0 Å². The highest BCUT2D eigenvalue weighted by atomic mass is 32.1. The van der Waals surface area contributed by atoms with Gasteiger partial charge in [-0.15, -0.1) is 0 Å². The van der Waals surface area contributed by atoms with Gasteiger partial charge in [-0.1, -0.05) is 41.7 Å². The first kappa shape index (κ1) is 15.5. The van der Waals surface area contributed by atoms with Gasteiger partial charge in [0, 0.05) is 17.7 Å². The van der Waals surface area contributed by atoms with E-state index in [0.717, 1.165) is 21.5 Å². The van der Waals surface area contributed by atoms with Crippen LogP contribution in [0.1, 0.15) is 17.5 Å². The summed E-state index contributed by atoms with van der Waals surface area (Å²) < 4.78 is 2.65. The number of hydrogen-bond donors (Lipinski definition) is 2. The number of nitrogens with zero attached hydrogens (tertiary/aromatic N) is 3. The molecule has 0 radical (unpaired) electrons. The van der Waals surface area contributed by atoms with Crippen LogP contribution in [0.3, 0.4) is 0 Å². The van der Waals surface area contributed by atoms with E-state index in [4.69, 9.17) is 0 Å². The maximum Gasteiger partial charge on any atom is 0.240 e. The Morgan fingerprint density at radius 2 is 1.82 bits per heavy atom. The molecule has 0 fully saturated rings. The first-order valence-electron chi connectivity index (χ1n) is 8.82. The summed E-state index contributed by atoms with van der Waals surface area (Å²) in [5.74, 6) is 0.0815. The number of carbonyl (C=O) groups is 2. The number of amides is 2. The highest BCUT2D eigenvalue weighted by molar-refractivity contribution is 7.20. The highest BCUT2D eigenvalue weighted by Gasteiger charge is 2.54. The van der Waals surface area contributed by atoms with Crippen LogP contribution in [0.25, 0.3) is 15.3 Å². The number of benzene rings is 2. The number of thiazole rings is 1. The summed E-state index contributed by atoms with van der Waals surface area (Å²) >= 11 is 1.48. The van der Waals surface area contributed by atoms with E-state index in [2.05, 4.69) is 20.7 Å². The Labute approximate surface area is 163 Å². The molecule has 2 aliphatic heterocycles. The predicted molar refractivity (Wildman–Crippen MR) is 106 cm³/mol. The van der Waals surface area contributed by atoms with Gasteiger partial charge in [0.25, 0.3) is 0 Å².